The molecule has 0 saturated heterocycles. The Labute approximate surface area is 154 Å². The minimum absolute atomic E-state index is 0.829. The van der Waals surface area contributed by atoms with Crippen LogP contribution in [0.5, 0.6) is 0 Å². The van der Waals surface area contributed by atoms with Gasteiger partial charge in [0.25, 0.3) is 5.01 Å². The zero-order valence-corrected chi connectivity index (χ0v) is 15.8. The minimum atomic E-state index is 0.829. The van der Waals surface area contributed by atoms with E-state index in [1.807, 2.05) is 29.5 Å². The predicted molar refractivity (Wildman–Crippen MR) is 111 cm³/mol. The Morgan fingerprint density at radius 3 is 2.52 bits per heavy atom. The van der Waals surface area contributed by atoms with Crippen molar-refractivity contribution in [1.82, 2.24) is 0 Å². The summed E-state index contributed by atoms with van der Waals surface area (Å²) in [6.45, 7) is 7.32. The maximum absolute atomic E-state index is 6.26. The van der Waals surface area contributed by atoms with Crippen LogP contribution in [0.25, 0.3) is 27.4 Å². The average Bonchev–Trinajstić information content (AvgIpc) is 3.00. The Bertz CT molecular complexity index is 864. The number of para-hydroxylation sites is 2. The van der Waals surface area contributed by atoms with Gasteiger partial charge in [-0.2, -0.15) is 4.57 Å². The van der Waals surface area contributed by atoms with Gasteiger partial charge < -0.3 is 5.73 Å². The van der Waals surface area contributed by atoms with Crippen molar-refractivity contribution in [2.75, 3.05) is 5.73 Å². The number of nitrogens with two attached hydrogens (primary N) is 1. The summed E-state index contributed by atoms with van der Waals surface area (Å²) in [6.07, 6.45) is 8.40. The molecule has 0 atom stereocenters. The quantitative estimate of drug-likeness (QED) is 0.299. The van der Waals surface area contributed by atoms with Gasteiger partial charge in [0, 0.05) is 23.7 Å². The van der Waals surface area contributed by atoms with Gasteiger partial charge in [-0.25, -0.2) is 0 Å². The lowest BCUT2D eigenvalue weighted by molar-refractivity contribution is -0.669. The monoisotopic (exact) mass is 351 g/mol. The summed E-state index contributed by atoms with van der Waals surface area (Å²) in [6, 6.07) is 14.6. The number of aryl methyl sites for hydroxylation is 1. The normalized spacial score (nSPS) is 11.1. The van der Waals surface area contributed by atoms with Crippen LogP contribution in [0.2, 0.25) is 0 Å². The number of hydrogen-bond acceptors (Lipinski definition) is 2. The summed E-state index contributed by atoms with van der Waals surface area (Å²) in [5.74, 6) is 0. The van der Waals surface area contributed by atoms with Crippen LogP contribution in [-0.4, -0.2) is 0 Å². The number of nitrogens with zero attached hydrogens (tertiary/aromatic N) is 1. The zero-order valence-electron chi connectivity index (χ0n) is 15.0. The van der Waals surface area contributed by atoms with Crippen molar-refractivity contribution >= 4 is 33.3 Å². The average molecular weight is 352 g/mol. The molecule has 2 nitrogen and oxygen atoms in total. The van der Waals surface area contributed by atoms with Crippen molar-refractivity contribution in [3.63, 3.8) is 0 Å². The van der Waals surface area contributed by atoms with Crippen molar-refractivity contribution in [1.29, 1.82) is 0 Å². The molecule has 0 spiro atoms. The highest BCUT2D eigenvalue weighted by Gasteiger charge is 2.22. The molecule has 0 radical (unpaired) electrons. The lowest BCUT2D eigenvalue weighted by Crippen LogP contribution is -2.35. The molecule has 0 aliphatic heterocycles. The van der Waals surface area contributed by atoms with Gasteiger partial charge in [-0.1, -0.05) is 68.4 Å². The summed E-state index contributed by atoms with van der Waals surface area (Å²) in [5, 5.41) is 1.23. The van der Waals surface area contributed by atoms with E-state index in [-0.39, 0.29) is 0 Å². The molecule has 25 heavy (non-hydrogen) atoms. The molecule has 130 valence electrons. The van der Waals surface area contributed by atoms with Gasteiger partial charge in [0.2, 0.25) is 5.52 Å². The Morgan fingerprint density at radius 1 is 1.00 bits per heavy atom. The lowest BCUT2D eigenvalue weighted by Gasteiger charge is -2.06. The van der Waals surface area contributed by atoms with Crippen LogP contribution in [0.1, 0.15) is 44.0 Å². The molecule has 0 aliphatic rings. The number of aromatic nitrogens is 1. The van der Waals surface area contributed by atoms with Crippen molar-refractivity contribution in [3.05, 3.63) is 54.1 Å². The highest BCUT2D eigenvalue weighted by Crippen LogP contribution is 2.33. The number of rotatable bonds is 8. The molecular formula is C22H27N2S+. The summed E-state index contributed by atoms with van der Waals surface area (Å²) >= 11 is 1.81. The van der Waals surface area contributed by atoms with Crippen molar-refractivity contribution < 1.29 is 4.57 Å². The van der Waals surface area contributed by atoms with Crippen molar-refractivity contribution in [2.24, 2.45) is 0 Å². The second-order valence-electron chi connectivity index (χ2n) is 6.45. The van der Waals surface area contributed by atoms with Crippen LogP contribution in [0, 0.1) is 0 Å². The van der Waals surface area contributed by atoms with E-state index in [1.165, 1.54) is 52.9 Å². The van der Waals surface area contributed by atoms with E-state index in [0.29, 0.717) is 0 Å². The number of thiazole rings is 1. The largest absolute Gasteiger partial charge is 0.398 e. The van der Waals surface area contributed by atoms with E-state index < -0.39 is 0 Å². The van der Waals surface area contributed by atoms with Gasteiger partial charge in [0.15, 0.2) is 6.54 Å². The molecule has 3 rings (SSSR count). The molecular weight excluding hydrogens is 324 g/mol. The van der Waals surface area contributed by atoms with Crippen molar-refractivity contribution in [2.45, 2.75) is 45.6 Å². The number of fused-ring (bicyclic) bond motifs is 1. The maximum atomic E-state index is 6.26. The minimum Gasteiger partial charge on any atom is -0.398 e. The number of nitrogen functional groups attached to an aromatic ring is 1. The molecule has 1 heterocycles. The van der Waals surface area contributed by atoms with E-state index >= 15 is 0 Å². The third-order valence-electron chi connectivity index (χ3n) is 4.66. The second kappa shape index (κ2) is 8.30. The number of unbranched alkanes of at least 4 members (excludes halogenated alkanes) is 4. The van der Waals surface area contributed by atoms with Gasteiger partial charge in [-0.05, 0) is 24.6 Å². The lowest BCUT2D eigenvalue weighted by atomic mass is 10.0. The first-order chi connectivity index (χ1) is 12.3. The zero-order chi connectivity index (χ0) is 17.6. The maximum Gasteiger partial charge on any atom is 0.262 e. The summed E-state index contributed by atoms with van der Waals surface area (Å²) in [4.78, 5) is 0. The van der Waals surface area contributed by atoms with E-state index in [9.17, 15) is 0 Å². The third-order valence-corrected chi connectivity index (χ3v) is 5.81. The molecule has 0 bridgehead atoms. The highest BCUT2D eigenvalue weighted by atomic mass is 32.1. The molecule has 2 aromatic carbocycles. The van der Waals surface area contributed by atoms with Crippen LogP contribution in [0.4, 0.5) is 5.69 Å². The van der Waals surface area contributed by atoms with Gasteiger partial charge in [0.1, 0.15) is 4.70 Å². The fourth-order valence-electron chi connectivity index (χ4n) is 3.37. The number of benzene rings is 2. The van der Waals surface area contributed by atoms with E-state index in [0.717, 1.165) is 17.8 Å². The molecule has 0 amide bonds. The molecule has 0 fully saturated rings. The molecule has 3 aromatic rings. The van der Waals surface area contributed by atoms with Crippen LogP contribution < -0.4 is 10.3 Å². The molecule has 2 N–H and O–H groups in total. The summed E-state index contributed by atoms with van der Waals surface area (Å²) in [5.41, 5.74) is 10.7. The Hall–Kier alpha value is -2.13. The van der Waals surface area contributed by atoms with E-state index in [1.54, 1.807) is 0 Å². The van der Waals surface area contributed by atoms with Crippen molar-refractivity contribution in [3.8, 4) is 11.1 Å². The Kier molecular flexibility index (Phi) is 5.87. The van der Waals surface area contributed by atoms with Gasteiger partial charge in [-0.15, -0.1) is 0 Å². The molecule has 0 aliphatic carbocycles. The number of hydrogen-bond donors (Lipinski definition) is 1. The smallest absolute Gasteiger partial charge is 0.262 e. The van der Waals surface area contributed by atoms with E-state index in [4.69, 9.17) is 5.73 Å². The third kappa shape index (κ3) is 3.77. The Balaban J connectivity index is 2.03. The summed E-state index contributed by atoms with van der Waals surface area (Å²) in [7, 11) is 0. The fourth-order valence-corrected chi connectivity index (χ4v) is 4.43. The first-order valence-electron chi connectivity index (χ1n) is 9.19. The fraction of sp³-hybridized carbons (Fsp3) is 0.318. The standard InChI is InChI=1S/C22H27N2S/c1-3-5-6-7-10-16-24-21(4-2)25-20-15-11-13-18(22(20)24)17-12-8-9-14-19(17)23/h4,8-9,11-15H,2-3,5-7,10,16,23H2,1H3/q+1. The first kappa shape index (κ1) is 17.7. The van der Waals surface area contributed by atoms with Gasteiger partial charge in [0.05, 0.1) is 5.56 Å². The molecule has 0 unspecified atom stereocenters. The van der Waals surface area contributed by atoms with Gasteiger partial charge >= 0.3 is 0 Å². The van der Waals surface area contributed by atoms with Crippen LogP contribution in [0.15, 0.2) is 49.0 Å². The van der Waals surface area contributed by atoms with E-state index in [2.05, 4.69) is 48.4 Å². The van der Waals surface area contributed by atoms with Gasteiger partial charge in [-0.3, -0.25) is 0 Å². The van der Waals surface area contributed by atoms with Crippen LogP contribution in [-0.2, 0) is 6.54 Å². The second-order valence-corrected chi connectivity index (χ2v) is 7.51. The Morgan fingerprint density at radius 2 is 1.76 bits per heavy atom. The van der Waals surface area contributed by atoms with Crippen LogP contribution in [0.3, 0.4) is 0 Å². The SMILES string of the molecule is C=Cc1sc2cccc(-c3ccccc3N)c2[n+]1CCCCCCC. The highest BCUT2D eigenvalue weighted by molar-refractivity contribution is 7.18. The topological polar surface area (TPSA) is 29.9 Å². The number of anilines is 1. The molecule has 1 aromatic heterocycles. The first-order valence-corrected chi connectivity index (χ1v) is 10.0. The molecule has 0 saturated carbocycles. The molecule has 3 heteroatoms. The van der Waals surface area contributed by atoms with Crippen LogP contribution >= 0.6 is 11.3 Å². The predicted octanol–water partition coefficient (Wildman–Crippen LogP) is 6.05. The summed E-state index contributed by atoms with van der Waals surface area (Å²) < 4.78 is 3.73.